The van der Waals surface area contributed by atoms with Crippen molar-refractivity contribution < 1.29 is 31.1 Å². The van der Waals surface area contributed by atoms with E-state index in [9.17, 15) is 21.6 Å². The number of nitrogens with zero attached hydrogens (tertiary/aromatic N) is 1. The summed E-state index contributed by atoms with van der Waals surface area (Å²) in [6, 6.07) is 12.7. The number of halogens is 3. The van der Waals surface area contributed by atoms with E-state index < -0.39 is 32.4 Å². The standard InChI is InChI=1S/C22H15F3N2O4S/c1-30-14-6-7-18-15(12-14)19(9-10-26-18)31-20-8-5-13(11-17(20)24)27-32(28,29)21-4-2-3-16(23)22(21)25/h2-12,27H,1H3. The third-order valence-electron chi connectivity index (χ3n) is 4.52. The third kappa shape index (κ3) is 4.17. The number of aromatic nitrogens is 1. The molecule has 1 N–H and O–H groups in total. The smallest absolute Gasteiger partial charge is 0.264 e. The van der Waals surface area contributed by atoms with Crippen LogP contribution in [-0.4, -0.2) is 20.5 Å². The molecule has 4 rings (SSSR count). The molecular weight excluding hydrogens is 445 g/mol. The van der Waals surface area contributed by atoms with Crippen LogP contribution in [0, 0.1) is 17.5 Å². The quantitative estimate of drug-likeness (QED) is 0.425. The molecule has 0 radical (unpaired) electrons. The number of pyridine rings is 1. The van der Waals surface area contributed by atoms with Gasteiger partial charge in [-0.05, 0) is 48.5 Å². The van der Waals surface area contributed by atoms with Gasteiger partial charge in [0.05, 0.1) is 18.3 Å². The highest BCUT2D eigenvalue weighted by Gasteiger charge is 2.22. The monoisotopic (exact) mass is 460 g/mol. The molecule has 0 amide bonds. The van der Waals surface area contributed by atoms with Gasteiger partial charge in [-0.1, -0.05) is 6.07 Å². The Balaban J connectivity index is 1.62. The molecule has 0 aliphatic carbocycles. The number of hydrogen-bond acceptors (Lipinski definition) is 5. The van der Waals surface area contributed by atoms with Gasteiger partial charge in [0.2, 0.25) is 0 Å². The highest BCUT2D eigenvalue weighted by atomic mass is 32.2. The lowest BCUT2D eigenvalue weighted by Crippen LogP contribution is -2.15. The van der Waals surface area contributed by atoms with E-state index in [4.69, 9.17) is 9.47 Å². The van der Waals surface area contributed by atoms with Crippen molar-refractivity contribution in [1.29, 1.82) is 0 Å². The Labute approximate surface area is 181 Å². The number of benzene rings is 3. The largest absolute Gasteiger partial charge is 0.497 e. The van der Waals surface area contributed by atoms with Crippen molar-refractivity contribution in [2.24, 2.45) is 0 Å². The number of rotatable bonds is 6. The predicted molar refractivity (Wildman–Crippen MR) is 112 cm³/mol. The molecule has 0 atom stereocenters. The van der Waals surface area contributed by atoms with Crippen LogP contribution in [0.2, 0.25) is 0 Å². The Morgan fingerprint density at radius 1 is 0.906 bits per heavy atom. The Morgan fingerprint density at radius 2 is 1.72 bits per heavy atom. The first kappa shape index (κ1) is 21.4. The maximum Gasteiger partial charge on any atom is 0.264 e. The predicted octanol–water partition coefficient (Wildman–Crippen LogP) is 5.25. The van der Waals surface area contributed by atoms with Gasteiger partial charge in [0, 0.05) is 17.6 Å². The number of nitrogens with one attached hydrogen (secondary N) is 1. The Hall–Kier alpha value is -3.79. The average Bonchev–Trinajstić information content (AvgIpc) is 2.77. The van der Waals surface area contributed by atoms with Crippen molar-refractivity contribution in [2.45, 2.75) is 4.90 Å². The normalized spacial score (nSPS) is 11.4. The molecule has 164 valence electrons. The fraction of sp³-hybridized carbons (Fsp3) is 0.0455. The van der Waals surface area contributed by atoms with Crippen molar-refractivity contribution in [3.05, 3.63) is 84.3 Å². The minimum atomic E-state index is -4.49. The number of ether oxygens (including phenoxy) is 2. The van der Waals surface area contributed by atoms with Crippen LogP contribution in [0.4, 0.5) is 18.9 Å². The molecule has 0 spiro atoms. The van der Waals surface area contributed by atoms with Crippen molar-refractivity contribution in [3.63, 3.8) is 0 Å². The van der Waals surface area contributed by atoms with Gasteiger partial charge in [-0.25, -0.2) is 21.6 Å². The number of sulfonamides is 1. The SMILES string of the molecule is COc1ccc2nccc(Oc3ccc(NS(=O)(=O)c4cccc(F)c4F)cc3F)c2c1. The lowest BCUT2D eigenvalue weighted by Gasteiger charge is -2.12. The highest BCUT2D eigenvalue weighted by molar-refractivity contribution is 7.92. The van der Waals surface area contributed by atoms with Crippen molar-refractivity contribution >= 4 is 26.6 Å². The minimum Gasteiger partial charge on any atom is -0.497 e. The van der Waals surface area contributed by atoms with E-state index in [1.165, 1.54) is 25.4 Å². The molecule has 1 heterocycles. The lowest BCUT2D eigenvalue weighted by molar-refractivity contribution is 0.415. The number of hydrogen-bond donors (Lipinski definition) is 1. The van der Waals surface area contributed by atoms with Crippen LogP contribution >= 0.6 is 0 Å². The first-order valence-corrected chi connectivity index (χ1v) is 10.6. The first-order valence-electron chi connectivity index (χ1n) is 9.15. The second kappa shape index (κ2) is 8.39. The van der Waals surface area contributed by atoms with Gasteiger partial charge in [0.1, 0.15) is 16.4 Å². The van der Waals surface area contributed by atoms with Crippen LogP contribution in [0.3, 0.4) is 0 Å². The Kier molecular flexibility index (Phi) is 5.62. The number of methoxy groups -OCH3 is 1. The molecule has 32 heavy (non-hydrogen) atoms. The molecule has 1 aromatic heterocycles. The zero-order chi connectivity index (χ0) is 22.9. The molecule has 0 fully saturated rings. The van der Waals surface area contributed by atoms with E-state index in [0.29, 0.717) is 22.4 Å². The van der Waals surface area contributed by atoms with E-state index >= 15 is 0 Å². The summed E-state index contributed by atoms with van der Waals surface area (Å²) in [5, 5.41) is 0.581. The maximum atomic E-state index is 14.7. The highest BCUT2D eigenvalue weighted by Crippen LogP contribution is 2.33. The van der Waals surface area contributed by atoms with Gasteiger partial charge in [0.15, 0.2) is 23.2 Å². The van der Waals surface area contributed by atoms with Gasteiger partial charge < -0.3 is 9.47 Å². The fourth-order valence-electron chi connectivity index (χ4n) is 2.98. The number of fused-ring (bicyclic) bond motifs is 1. The summed E-state index contributed by atoms with van der Waals surface area (Å²) in [4.78, 5) is 3.32. The molecule has 4 aromatic rings. The molecule has 6 nitrogen and oxygen atoms in total. The zero-order valence-corrected chi connectivity index (χ0v) is 17.3. The molecule has 10 heteroatoms. The molecule has 0 bridgehead atoms. The summed E-state index contributed by atoms with van der Waals surface area (Å²) in [5.41, 5.74) is 0.407. The van der Waals surface area contributed by atoms with Crippen LogP contribution in [0.5, 0.6) is 17.2 Å². The first-order chi connectivity index (χ1) is 15.3. The van der Waals surface area contributed by atoms with Crippen molar-refractivity contribution in [2.75, 3.05) is 11.8 Å². The average molecular weight is 460 g/mol. The van der Waals surface area contributed by atoms with Gasteiger partial charge in [-0.3, -0.25) is 9.71 Å². The van der Waals surface area contributed by atoms with Crippen LogP contribution < -0.4 is 14.2 Å². The molecular formula is C22H15F3N2O4S. The zero-order valence-electron chi connectivity index (χ0n) is 16.5. The van der Waals surface area contributed by atoms with E-state index in [1.807, 2.05) is 4.72 Å². The van der Waals surface area contributed by atoms with Gasteiger partial charge in [0.25, 0.3) is 10.0 Å². The third-order valence-corrected chi connectivity index (χ3v) is 5.92. The molecule has 0 saturated carbocycles. The van der Waals surface area contributed by atoms with Crippen LogP contribution in [0.1, 0.15) is 0 Å². The van der Waals surface area contributed by atoms with E-state index in [0.717, 1.165) is 24.3 Å². The Bertz CT molecular complexity index is 1430. The topological polar surface area (TPSA) is 77.5 Å². The van der Waals surface area contributed by atoms with Crippen molar-refractivity contribution in [3.8, 4) is 17.2 Å². The second-order valence-electron chi connectivity index (χ2n) is 6.60. The van der Waals surface area contributed by atoms with Gasteiger partial charge in [-0.2, -0.15) is 0 Å². The second-order valence-corrected chi connectivity index (χ2v) is 8.25. The molecule has 3 aromatic carbocycles. The summed E-state index contributed by atoms with van der Waals surface area (Å²) >= 11 is 0. The van der Waals surface area contributed by atoms with E-state index in [2.05, 4.69) is 4.98 Å². The summed E-state index contributed by atoms with van der Waals surface area (Å²) in [5.74, 6) is -3.03. The summed E-state index contributed by atoms with van der Waals surface area (Å²) in [6.07, 6.45) is 1.50. The van der Waals surface area contributed by atoms with E-state index in [1.54, 1.807) is 24.3 Å². The van der Waals surface area contributed by atoms with Crippen molar-refractivity contribution in [1.82, 2.24) is 4.98 Å². The molecule has 0 saturated heterocycles. The molecule has 0 unspecified atom stereocenters. The van der Waals surface area contributed by atoms with Gasteiger partial charge in [-0.15, -0.1) is 0 Å². The summed E-state index contributed by atoms with van der Waals surface area (Å²) < 4.78 is 79.5. The molecule has 0 aliphatic heterocycles. The lowest BCUT2D eigenvalue weighted by atomic mass is 10.2. The fourth-order valence-corrected chi connectivity index (χ4v) is 4.12. The summed E-state index contributed by atoms with van der Waals surface area (Å²) in [7, 11) is -2.98. The minimum absolute atomic E-state index is 0.180. The van der Waals surface area contributed by atoms with E-state index in [-0.39, 0.29) is 11.4 Å². The summed E-state index contributed by atoms with van der Waals surface area (Å²) in [6.45, 7) is 0. The van der Waals surface area contributed by atoms with Crippen LogP contribution in [0.25, 0.3) is 10.9 Å². The van der Waals surface area contributed by atoms with Gasteiger partial charge >= 0.3 is 0 Å². The molecule has 0 aliphatic rings. The maximum absolute atomic E-state index is 14.7. The Morgan fingerprint density at radius 3 is 2.47 bits per heavy atom. The number of anilines is 1. The van der Waals surface area contributed by atoms with Crippen LogP contribution in [-0.2, 0) is 10.0 Å². The van der Waals surface area contributed by atoms with Crippen LogP contribution in [0.15, 0.2) is 71.8 Å².